The molecule has 0 spiro atoms. The van der Waals surface area contributed by atoms with Gasteiger partial charge in [-0.2, -0.15) is 4.37 Å². The maximum atomic E-state index is 13.5. The highest BCUT2D eigenvalue weighted by molar-refractivity contribution is 7.99. The lowest BCUT2D eigenvalue weighted by Crippen LogP contribution is -2.43. The van der Waals surface area contributed by atoms with Crippen molar-refractivity contribution in [1.82, 2.24) is 24.2 Å². The normalized spacial score (nSPS) is 15.3. The highest BCUT2D eigenvalue weighted by Crippen LogP contribution is 2.39. The summed E-state index contributed by atoms with van der Waals surface area (Å²) in [5, 5.41) is 5.85. The van der Waals surface area contributed by atoms with E-state index in [-0.39, 0.29) is 17.8 Å². The fourth-order valence-electron chi connectivity index (χ4n) is 4.67. The molecule has 5 heterocycles. The Labute approximate surface area is 242 Å². The fourth-order valence-corrected chi connectivity index (χ4v) is 7.14. The highest BCUT2D eigenvalue weighted by Gasteiger charge is 2.26. The average Bonchev–Trinajstić information content (AvgIpc) is 3.62. The molecule has 0 bridgehead atoms. The van der Waals surface area contributed by atoms with Crippen LogP contribution in [-0.2, 0) is 11.2 Å². The molecule has 0 radical (unpaired) electrons. The van der Waals surface area contributed by atoms with E-state index in [1.54, 1.807) is 54.5 Å². The molecule has 1 aliphatic rings. The van der Waals surface area contributed by atoms with Gasteiger partial charge in [0.15, 0.2) is 11.6 Å². The van der Waals surface area contributed by atoms with E-state index in [1.165, 1.54) is 23.7 Å². The van der Waals surface area contributed by atoms with E-state index in [0.717, 1.165) is 45.8 Å². The van der Waals surface area contributed by atoms with Crippen LogP contribution >= 0.6 is 34.6 Å². The number of fused-ring (bicyclic) bond motifs is 1. The number of pyridine rings is 2. The molecule has 1 aliphatic heterocycles. The number of amides is 1. The molecule has 40 heavy (non-hydrogen) atoms. The van der Waals surface area contributed by atoms with E-state index in [0.29, 0.717) is 34.7 Å². The second-order valence-electron chi connectivity index (χ2n) is 9.33. The van der Waals surface area contributed by atoms with Gasteiger partial charge in [0.05, 0.1) is 10.2 Å². The third kappa shape index (κ3) is 6.08. The lowest BCUT2D eigenvalue weighted by atomic mass is 9.99. The number of ether oxygens (including phenoxy) is 1. The second kappa shape index (κ2) is 11.9. The molecule has 1 atom stereocenters. The van der Waals surface area contributed by atoms with Crippen LogP contribution in [-0.4, -0.2) is 42.7 Å². The number of piperidine rings is 1. The van der Waals surface area contributed by atoms with Gasteiger partial charge in [-0.25, -0.2) is 14.4 Å². The van der Waals surface area contributed by atoms with Gasteiger partial charge in [-0.3, -0.25) is 9.78 Å². The second-order valence-corrected chi connectivity index (χ2v) is 12.1. The Kier molecular flexibility index (Phi) is 7.89. The number of hydrogen-bond donors (Lipinski definition) is 1. The Balaban J connectivity index is 1.24. The minimum absolute atomic E-state index is 0.0922. The van der Waals surface area contributed by atoms with Crippen molar-refractivity contribution in [3.05, 3.63) is 71.9 Å². The molecule has 1 saturated heterocycles. The van der Waals surface area contributed by atoms with Gasteiger partial charge in [0.1, 0.15) is 17.4 Å². The highest BCUT2D eigenvalue weighted by atomic mass is 32.2. The van der Waals surface area contributed by atoms with E-state index >= 15 is 0 Å². The molecule has 204 valence electrons. The first kappa shape index (κ1) is 26.6. The molecule has 1 N–H and O–H groups in total. The number of carbonyl (C=O) groups excluding carboxylic acids is 1. The Morgan fingerprint density at radius 1 is 1.20 bits per heavy atom. The molecule has 1 aromatic carbocycles. The first-order chi connectivity index (χ1) is 19.5. The van der Waals surface area contributed by atoms with Gasteiger partial charge in [0.25, 0.3) is 0 Å². The Hall–Kier alpha value is -3.61. The summed E-state index contributed by atoms with van der Waals surface area (Å²) in [6.07, 6.45) is 7.27. The molecule has 1 fully saturated rings. The predicted octanol–water partition coefficient (Wildman–Crippen LogP) is 7.31. The molecule has 12 heteroatoms. The Morgan fingerprint density at radius 2 is 2.08 bits per heavy atom. The number of carbonyl (C=O) groups is 1. The number of halogens is 1. The van der Waals surface area contributed by atoms with Crippen molar-refractivity contribution < 1.29 is 13.9 Å². The predicted molar refractivity (Wildman–Crippen MR) is 156 cm³/mol. The van der Waals surface area contributed by atoms with Crippen molar-refractivity contribution in [2.24, 2.45) is 0 Å². The van der Waals surface area contributed by atoms with Gasteiger partial charge in [-0.1, -0.05) is 11.8 Å². The number of hydrogen-bond acceptors (Lipinski definition) is 10. The molecular weight excluding hydrogens is 568 g/mol. The van der Waals surface area contributed by atoms with E-state index in [4.69, 9.17) is 4.74 Å². The third-order valence-corrected chi connectivity index (χ3v) is 9.30. The molecule has 0 saturated carbocycles. The molecule has 1 amide bonds. The first-order valence-corrected chi connectivity index (χ1v) is 15.3. The summed E-state index contributed by atoms with van der Waals surface area (Å²) >= 11 is 4.45. The lowest BCUT2D eigenvalue weighted by molar-refractivity contribution is -0.132. The maximum absolute atomic E-state index is 13.5. The number of nitrogens with zero attached hydrogens (tertiary/aromatic N) is 5. The van der Waals surface area contributed by atoms with Crippen LogP contribution in [0.4, 0.5) is 15.3 Å². The van der Waals surface area contributed by atoms with Crippen LogP contribution in [0, 0.1) is 5.82 Å². The lowest BCUT2D eigenvalue weighted by Gasteiger charge is -2.34. The number of likely N-dealkylation sites (tertiary alicyclic amines) is 1. The topological polar surface area (TPSA) is 93.1 Å². The number of thiophene rings is 1. The molecule has 4 aromatic heterocycles. The van der Waals surface area contributed by atoms with Crippen molar-refractivity contribution in [2.45, 2.75) is 48.4 Å². The van der Waals surface area contributed by atoms with Gasteiger partial charge in [-0.05, 0) is 61.0 Å². The summed E-state index contributed by atoms with van der Waals surface area (Å²) in [6.45, 7) is 2.40. The first-order valence-electron chi connectivity index (χ1n) is 12.8. The van der Waals surface area contributed by atoms with Gasteiger partial charge >= 0.3 is 0 Å². The van der Waals surface area contributed by atoms with Crippen LogP contribution in [0.2, 0.25) is 0 Å². The molecule has 0 aliphatic carbocycles. The fraction of sp³-hybridized carbons (Fsp3) is 0.250. The number of anilines is 2. The standard InChI is InChI=1S/C28H25FN6O2S3/c1-17(36)35-12-3-2-4-19(35)14-25-32-28(40-34-25)33-27-23(37-20-7-5-18(29)6-8-20)15-21(16-31-27)39-24-9-11-30-22-10-13-38-26(22)24/h5-11,13,15-16,19H,2-4,12,14H2,1H3,(H,31,32,33,34). The van der Waals surface area contributed by atoms with Crippen molar-refractivity contribution in [1.29, 1.82) is 0 Å². The zero-order valence-electron chi connectivity index (χ0n) is 21.5. The summed E-state index contributed by atoms with van der Waals surface area (Å²) < 4.78 is 25.3. The van der Waals surface area contributed by atoms with Crippen LogP contribution < -0.4 is 10.1 Å². The molecular formula is C28H25FN6O2S3. The monoisotopic (exact) mass is 592 g/mol. The summed E-state index contributed by atoms with van der Waals surface area (Å²) in [6, 6.07) is 11.9. The molecule has 5 aromatic rings. The molecule has 8 nitrogen and oxygen atoms in total. The van der Waals surface area contributed by atoms with Crippen LogP contribution in [0.1, 0.15) is 32.0 Å². The maximum Gasteiger partial charge on any atom is 0.219 e. The van der Waals surface area contributed by atoms with Crippen molar-refractivity contribution in [2.75, 3.05) is 11.9 Å². The molecule has 6 rings (SSSR count). The Morgan fingerprint density at radius 3 is 2.92 bits per heavy atom. The van der Waals surface area contributed by atoms with Crippen molar-refractivity contribution in [3.8, 4) is 11.5 Å². The minimum atomic E-state index is -0.339. The summed E-state index contributed by atoms with van der Waals surface area (Å²) in [5.41, 5.74) is 0.954. The smallest absolute Gasteiger partial charge is 0.219 e. The van der Waals surface area contributed by atoms with Gasteiger partial charge in [0.2, 0.25) is 11.0 Å². The average molecular weight is 593 g/mol. The number of rotatable bonds is 8. The van der Waals surface area contributed by atoms with E-state index < -0.39 is 0 Å². The van der Waals surface area contributed by atoms with Crippen molar-refractivity contribution in [3.63, 3.8) is 0 Å². The number of benzene rings is 1. The minimum Gasteiger partial charge on any atom is -0.453 e. The van der Waals surface area contributed by atoms with Gasteiger partial charge in [-0.15, -0.1) is 11.3 Å². The Bertz CT molecular complexity index is 1640. The summed E-state index contributed by atoms with van der Waals surface area (Å²) in [7, 11) is 0. The van der Waals surface area contributed by atoms with Crippen molar-refractivity contribution >= 4 is 61.7 Å². The zero-order chi connectivity index (χ0) is 27.5. The van der Waals surface area contributed by atoms with E-state index in [9.17, 15) is 9.18 Å². The zero-order valence-corrected chi connectivity index (χ0v) is 24.0. The summed E-state index contributed by atoms with van der Waals surface area (Å²) in [5.74, 6) is 1.87. The van der Waals surface area contributed by atoms with E-state index in [2.05, 4.69) is 24.6 Å². The number of nitrogens with one attached hydrogen (secondary N) is 1. The van der Waals surface area contributed by atoms with Crippen LogP contribution in [0.15, 0.2) is 70.0 Å². The number of aromatic nitrogens is 4. The van der Waals surface area contributed by atoms with Crippen LogP contribution in [0.5, 0.6) is 11.5 Å². The molecule has 1 unspecified atom stereocenters. The largest absolute Gasteiger partial charge is 0.453 e. The van der Waals surface area contributed by atoms with Crippen LogP contribution in [0.25, 0.3) is 10.2 Å². The SMILES string of the molecule is CC(=O)N1CCCCC1Cc1nsc(Nc2ncc(Sc3ccnc4ccsc34)cc2Oc2ccc(F)cc2)n1. The van der Waals surface area contributed by atoms with Crippen LogP contribution in [0.3, 0.4) is 0 Å². The quantitative estimate of drug-likeness (QED) is 0.200. The van der Waals surface area contributed by atoms with Gasteiger partial charge < -0.3 is 15.0 Å². The van der Waals surface area contributed by atoms with E-state index in [1.807, 2.05) is 28.5 Å². The third-order valence-electron chi connectivity index (χ3n) is 6.55. The summed E-state index contributed by atoms with van der Waals surface area (Å²) in [4.78, 5) is 29.7. The van der Waals surface area contributed by atoms with Gasteiger partial charge in [0, 0.05) is 65.7 Å².